The van der Waals surface area contributed by atoms with Crippen molar-refractivity contribution in [2.45, 2.75) is 25.8 Å². The highest BCUT2D eigenvalue weighted by Gasteiger charge is 2.35. The molecule has 6 nitrogen and oxygen atoms in total. The van der Waals surface area contributed by atoms with Crippen LogP contribution in [0.25, 0.3) is 11.4 Å². The van der Waals surface area contributed by atoms with Gasteiger partial charge in [0.25, 0.3) is 0 Å². The number of amides is 1. The minimum absolute atomic E-state index is 0.0631. The van der Waals surface area contributed by atoms with E-state index in [1.54, 1.807) is 0 Å². The Morgan fingerprint density at radius 3 is 2.54 bits per heavy atom. The molecule has 1 amide bonds. The van der Waals surface area contributed by atoms with Gasteiger partial charge in [0.2, 0.25) is 17.6 Å². The number of nitrogens with zero attached hydrogens (tertiary/aromatic N) is 4. The molecule has 24 heavy (non-hydrogen) atoms. The zero-order valence-electron chi connectivity index (χ0n) is 13.9. The van der Waals surface area contributed by atoms with Crippen LogP contribution in [0.1, 0.15) is 31.7 Å². The molecule has 1 saturated carbocycles. The van der Waals surface area contributed by atoms with E-state index in [0.29, 0.717) is 23.5 Å². The van der Waals surface area contributed by atoms with Gasteiger partial charge in [0.1, 0.15) is 0 Å². The van der Waals surface area contributed by atoms with Gasteiger partial charge in [-0.05, 0) is 19.8 Å². The lowest BCUT2D eigenvalue weighted by molar-refractivity contribution is -0.134. The van der Waals surface area contributed by atoms with Gasteiger partial charge in [0.15, 0.2) is 0 Å². The first-order chi connectivity index (χ1) is 11.7. The molecule has 2 aromatic rings. The van der Waals surface area contributed by atoms with E-state index in [4.69, 9.17) is 4.52 Å². The molecule has 1 aliphatic heterocycles. The molecule has 0 radical (unpaired) electrons. The Balaban J connectivity index is 1.39. The highest BCUT2D eigenvalue weighted by Crippen LogP contribution is 2.32. The summed E-state index contributed by atoms with van der Waals surface area (Å²) >= 11 is 0. The molecular weight excluding hydrogens is 304 g/mol. The molecule has 6 heteroatoms. The Morgan fingerprint density at radius 2 is 1.88 bits per heavy atom. The third-order valence-electron chi connectivity index (χ3n) is 4.93. The minimum Gasteiger partial charge on any atom is -0.340 e. The van der Waals surface area contributed by atoms with Crippen LogP contribution in [-0.2, 0) is 4.79 Å². The Kier molecular flexibility index (Phi) is 4.06. The van der Waals surface area contributed by atoms with Crippen LogP contribution < -0.4 is 0 Å². The van der Waals surface area contributed by atoms with Crippen LogP contribution in [0.2, 0.25) is 0 Å². The summed E-state index contributed by atoms with van der Waals surface area (Å²) in [5.74, 6) is 1.90. The second-order valence-corrected chi connectivity index (χ2v) is 6.63. The monoisotopic (exact) mass is 326 g/mol. The average molecular weight is 326 g/mol. The Morgan fingerprint density at radius 1 is 1.17 bits per heavy atom. The van der Waals surface area contributed by atoms with Gasteiger partial charge in [-0.25, -0.2) is 0 Å². The fourth-order valence-electron chi connectivity index (χ4n) is 3.18. The standard InChI is InChI=1S/C18H22N4O2/c1-13(17-19-16(20-24-17)14-5-3-2-4-6-14)21-9-11-22(12-10-21)18(23)15-7-8-15/h2-6,13,15H,7-12H2,1H3. The first-order valence-corrected chi connectivity index (χ1v) is 8.64. The zero-order chi connectivity index (χ0) is 16.5. The van der Waals surface area contributed by atoms with Crippen LogP contribution in [0.5, 0.6) is 0 Å². The molecule has 1 atom stereocenters. The van der Waals surface area contributed by atoms with Crippen LogP contribution in [0.4, 0.5) is 0 Å². The summed E-state index contributed by atoms with van der Waals surface area (Å²) < 4.78 is 5.47. The number of hydrogen-bond acceptors (Lipinski definition) is 5. The van der Waals surface area contributed by atoms with Gasteiger partial charge in [-0.3, -0.25) is 9.69 Å². The molecule has 0 spiro atoms. The van der Waals surface area contributed by atoms with E-state index >= 15 is 0 Å². The van der Waals surface area contributed by atoms with Gasteiger partial charge < -0.3 is 9.42 Å². The molecule has 1 aromatic carbocycles. The second kappa shape index (κ2) is 6.36. The lowest BCUT2D eigenvalue weighted by Crippen LogP contribution is -2.49. The van der Waals surface area contributed by atoms with Gasteiger partial charge in [-0.15, -0.1) is 0 Å². The predicted molar refractivity (Wildman–Crippen MR) is 89.0 cm³/mol. The van der Waals surface area contributed by atoms with Crippen molar-refractivity contribution in [1.82, 2.24) is 19.9 Å². The molecule has 2 aliphatic rings. The fraction of sp³-hybridized carbons (Fsp3) is 0.500. The lowest BCUT2D eigenvalue weighted by Gasteiger charge is -2.36. The lowest BCUT2D eigenvalue weighted by atomic mass is 10.2. The summed E-state index contributed by atoms with van der Waals surface area (Å²) in [5, 5.41) is 4.10. The maximum Gasteiger partial charge on any atom is 0.244 e. The SMILES string of the molecule is CC(c1nc(-c2ccccc2)no1)N1CCN(C(=O)C2CC2)CC1. The van der Waals surface area contributed by atoms with Crippen molar-refractivity contribution in [3.63, 3.8) is 0 Å². The van der Waals surface area contributed by atoms with Crippen molar-refractivity contribution < 1.29 is 9.32 Å². The molecule has 0 N–H and O–H groups in total. The third kappa shape index (κ3) is 3.06. The van der Waals surface area contributed by atoms with E-state index in [1.165, 1.54) is 0 Å². The molecule has 1 unspecified atom stereocenters. The summed E-state index contributed by atoms with van der Waals surface area (Å²) in [6.45, 7) is 5.37. The van der Waals surface area contributed by atoms with E-state index in [9.17, 15) is 4.79 Å². The van der Waals surface area contributed by atoms with Crippen molar-refractivity contribution in [3.8, 4) is 11.4 Å². The second-order valence-electron chi connectivity index (χ2n) is 6.63. The summed E-state index contributed by atoms with van der Waals surface area (Å²) in [7, 11) is 0. The number of carbonyl (C=O) groups excluding carboxylic acids is 1. The van der Waals surface area contributed by atoms with Gasteiger partial charge in [0, 0.05) is 37.7 Å². The summed E-state index contributed by atoms with van der Waals surface area (Å²) in [5.41, 5.74) is 0.958. The summed E-state index contributed by atoms with van der Waals surface area (Å²) in [4.78, 5) is 21.0. The van der Waals surface area contributed by atoms with Crippen molar-refractivity contribution in [2.24, 2.45) is 5.92 Å². The highest BCUT2D eigenvalue weighted by atomic mass is 16.5. The highest BCUT2D eigenvalue weighted by molar-refractivity contribution is 5.81. The van der Waals surface area contributed by atoms with Crippen molar-refractivity contribution in [2.75, 3.05) is 26.2 Å². The van der Waals surface area contributed by atoms with Crippen molar-refractivity contribution in [1.29, 1.82) is 0 Å². The first kappa shape index (κ1) is 15.3. The van der Waals surface area contributed by atoms with Crippen molar-refractivity contribution >= 4 is 5.91 Å². The van der Waals surface area contributed by atoms with Crippen LogP contribution in [0, 0.1) is 5.92 Å². The van der Waals surface area contributed by atoms with Gasteiger partial charge in [-0.1, -0.05) is 35.5 Å². The van der Waals surface area contributed by atoms with Crippen LogP contribution >= 0.6 is 0 Å². The maximum atomic E-state index is 12.1. The van der Waals surface area contributed by atoms with Crippen molar-refractivity contribution in [3.05, 3.63) is 36.2 Å². The van der Waals surface area contributed by atoms with E-state index in [0.717, 1.165) is 44.6 Å². The molecule has 1 aromatic heterocycles. The average Bonchev–Trinajstić information content (AvgIpc) is 3.38. The zero-order valence-corrected chi connectivity index (χ0v) is 13.9. The predicted octanol–water partition coefficient (Wildman–Crippen LogP) is 2.35. The number of piperazine rings is 1. The van der Waals surface area contributed by atoms with Crippen LogP contribution in [0.15, 0.2) is 34.9 Å². The number of aromatic nitrogens is 2. The largest absolute Gasteiger partial charge is 0.340 e. The number of benzene rings is 1. The Hall–Kier alpha value is -2.21. The van der Waals surface area contributed by atoms with Gasteiger partial charge >= 0.3 is 0 Å². The fourth-order valence-corrected chi connectivity index (χ4v) is 3.18. The molecule has 1 aliphatic carbocycles. The molecule has 0 bridgehead atoms. The molecule has 1 saturated heterocycles. The molecule has 126 valence electrons. The molecule has 2 fully saturated rings. The molecule has 4 rings (SSSR count). The number of carbonyl (C=O) groups is 1. The van der Waals surface area contributed by atoms with E-state index in [2.05, 4.69) is 22.0 Å². The first-order valence-electron chi connectivity index (χ1n) is 8.64. The quantitative estimate of drug-likeness (QED) is 0.863. The van der Waals surface area contributed by atoms with E-state index in [1.807, 2.05) is 35.2 Å². The Labute approximate surface area is 141 Å². The third-order valence-corrected chi connectivity index (χ3v) is 4.93. The molecular formula is C18H22N4O2. The Bertz CT molecular complexity index is 703. The summed E-state index contributed by atoms with van der Waals surface area (Å²) in [6.07, 6.45) is 2.14. The number of rotatable bonds is 4. The smallest absolute Gasteiger partial charge is 0.244 e. The number of hydrogen-bond donors (Lipinski definition) is 0. The van der Waals surface area contributed by atoms with E-state index < -0.39 is 0 Å². The van der Waals surface area contributed by atoms with Gasteiger partial charge in [-0.2, -0.15) is 4.98 Å². The maximum absolute atomic E-state index is 12.1. The summed E-state index contributed by atoms with van der Waals surface area (Å²) in [6, 6.07) is 9.90. The normalized spacial score (nSPS) is 20.1. The minimum atomic E-state index is 0.0631. The topological polar surface area (TPSA) is 62.5 Å². The van der Waals surface area contributed by atoms with E-state index in [-0.39, 0.29) is 6.04 Å². The van der Waals surface area contributed by atoms with Gasteiger partial charge in [0.05, 0.1) is 6.04 Å². The van der Waals surface area contributed by atoms with Crippen LogP contribution in [-0.4, -0.2) is 52.0 Å². The van der Waals surface area contributed by atoms with Crippen LogP contribution in [0.3, 0.4) is 0 Å². The molecule has 2 heterocycles.